The first-order valence-corrected chi connectivity index (χ1v) is 4.29. The number of hydrogen-bond acceptors (Lipinski definition) is 3. The van der Waals surface area contributed by atoms with Gasteiger partial charge in [0.05, 0.1) is 6.61 Å². The summed E-state index contributed by atoms with van der Waals surface area (Å²) in [7, 11) is 0. The van der Waals surface area contributed by atoms with Crippen LogP contribution < -0.4 is 5.73 Å². The third kappa shape index (κ3) is 2.20. The molecule has 4 N–H and O–H groups in total. The molecule has 0 saturated heterocycles. The van der Waals surface area contributed by atoms with Crippen molar-refractivity contribution in [2.24, 2.45) is 5.73 Å². The number of aromatic hydroxyl groups is 1. The number of benzene rings is 1. The summed E-state index contributed by atoms with van der Waals surface area (Å²) in [6.07, 6.45) is 0. The van der Waals surface area contributed by atoms with E-state index in [9.17, 15) is 5.11 Å². The number of aliphatic hydroxyl groups is 1. The summed E-state index contributed by atoms with van der Waals surface area (Å²) in [5.74, 6) is 0.177. The summed E-state index contributed by atoms with van der Waals surface area (Å²) in [6, 6.07) is 5.36. The molecule has 3 nitrogen and oxygen atoms in total. The number of nitrogens with two attached hydrogens (primary N) is 1. The molecule has 0 bridgehead atoms. The Morgan fingerprint density at radius 1 is 1.46 bits per heavy atom. The van der Waals surface area contributed by atoms with Gasteiger partial charge >= 0.3 is 0 Å². The van der Waals surface area contributed by atoms with E-state index in [1.54, 1.807) is 6.07 Å². The van der Waals surface area contributed by atoms with Gasteiger partial charge in [-0.05, 0) is 24.1 Å². The Kier molecular flexibility index (Phi) is 3.28. The van der Waals surface area contributed by atoms with Crippen LogP contribution in [0.25, 0.3) is 0 Å². The monoisotopic (exact) mass is 181 g/mol. The lowest BCUT2D eigenvalue weighted by Gasteiger charge is -2.12. The zero-order valence-corrected chi connectivity index (χ0v) is 7.70. The minimum Gasteiger partial charge on any atom is -0.508 e. The highest BCUT2D eigenvalue weighted by Crippen LogP contribution is 2.22. The van der Waals surface area contributed by atoms with Gasteiger partial charge in [0.1, 0.15) is 5.75 Å². The standard InChI is InChI=1S/C10H15NO2/c1-7-2-3-8(4-10(7)13)9(5-11)6-12/h2-4,9,12-13H,5-6,11H2,1H3. The maximum atomic E-state index is 9.42. The average molecular weight is 181 g/mol. The first-order chi connectivity index (χ1) is 6.19. The van der Waals surface area contributed by atoms with Gasteiger partial charge < -0.3 is 15.9 Å². The number of hydrogen-bond donors (Lipinski definition) is 3. The van der Waals surface area contributed by atoms with Gasteiger partial charge in [0.15, 0.2) is 0 Å². The Morgan fingerprint density at radius 2 is 2.15 bits per heavy atom. The molecule has 0 fully saturated rings. The van der Waals surface area contributed by atoms with Crippen molar-refractivity contribution in [1.82, 2.24) is 0 Å². The zero-order valence-electron chi connectivity index (χ0n) is 7.70. The van der Waals surface area contributed by atoms with Crippen LogP contribution in [0.1, 0.15) is 17.0 Å². The van der Waals surface area contributed by atoms with E-state index in [4.69, 9.17) is 10.8 Å². The number of aryl methyl sites for hydroxylation is 1. The molecule has 0 aliphatic heterocycles. The molecular weight excluding hydrogens is 166 g/mol. The van der Waals surface area contributed by atoms with E-state index in [2.05, 4.69) is 0 Å². The highest BCUT2D eigenvalue weighted by molar-refractivity contribution is 5.37. The molecule has 3 heteroatoms. The molecule has 0 saturated carbocycles. The third-order valence-electron chi connectivity index (χ3n) is 2.21. The SMILES string of the molecule is Cc1ccc(C(CN)CO)cc1O. The quantitative estimate of drug-likeness (QED) is 0.644. The first-order valence-electron chi connectivity index (χ1n) is 4.29. The fraction of sp³-hybridized carbons (Fsp3) is 0.400. The maximum Gasteiger partial charge on any atom is 0.118 e. The Hall–Kier alpha value is -1.06. The summed E-state index contributed by atoms with van der Waals surface area (Å²) >= 11 is 0. The predicted molar refractivity (Wildman–Crippen MR) is 51.7 cm³/mol. The van der Waals surface area contributed by atoms with Gasteiger partial charge in [0.25, 0.3) is 0 Å². The van der Waals surface area contributed by atoms with Crippen LogP contribution in [0.2, 0.25) is 0 Å². The molecule has 1 atom stereocenters. The summed E-state index contributed by atoms with van der Waals surface area (Å²) in [5.41, 5.74) is 7.18. The van der Waals surface area contributed by atoms with E-state index in [1.807, 2.05) is 19.1 Å². The minimum atomic E-state index is -0.0773. The topological polar surface area (TPSA) is 66.5 Å². The van der Waals surface area contributed by atoms with E-state index >= 15 is 0 Å². The van der Waals surface area contributed by atoms with Gasteiger partial charge in [-0.15, -0.1) is 0 Å². The first kappa shape index (κ1) is 10.0. The van der Waals surface area contributed by atoms with Gasteiger partial charge in [-0.3, -0.25) is 0 Å². The van der Waals surface area contributed by atoms with Gasteiger partial charge in [-0.1, -0.05) is 12.1 Å². The normalized spacial score (nSPS) is 12.8. The molecule has 13 heavy (non-hydrogen) atoms. The minimum absolute atomic E-state index is 0.0129. The van der Waals surface area contributed by atoms with Crippen molar-refractivity contribution in [2.75, 3.05) is 13.2 Å². The Balaban J connectivity index is 2.95. The van der Waals surface area contributed by atoms with Crippen molar-refractivity contribution in [1.29, 1.82) is 0 Å². The molecule has 0 spiro atoms. The van der Waals surface area contributed by atoms with Gasteiger partial charge in [-0.2, -0.15) is 0 Å². The third-order valence-corrected chi connectivity index (χ3v) is 2.21. The van der Waals surface area contributed by atoms with Crippen LogP contribution in [0, 0.1) is 6.92 Å². The molecule has 1 aromatic rings. The summed E-state index contributed by atoms with van der Waals surface area (Å²) in [6.45, 7) is 2.23. The number of aliphatic hydroxyl groups excluding tert-OH is 1. The van der Waals surface area contributed by atoms with Crippen LogP contribution >= 0.6 is 0 Å². The Labute approximate surface area is 77.8 Å². The van der Waals surface area contributed by atoms with Gasteiger partial charge in [0, 0.05) is 12.5 Å². The lowest BCUT2D eigenvalue weighted by Crippen LogP contribution is -2.15. The van der Waals surface area contributed by atoms with Crippen molar-refractivity contribution >= 4 is 0 Å². The van der Waals surface area contributed by atoms with Crippen LogP contribution in [0.4, 0.5) is 0 Å². The fourth-order valence-electron chi connectivity index (χ4n) is 1.20. The molecule has 0 heterocycles. The van der Waals surface area contributed by atoms with Crippen molar-refractivity contribution < 1.29 is 10.2 Å². The van der Waals surface area contributed by atoms with Crippen LogP contribution in [0.15, 0.2) is 18.2 Å². The van der Waals surface area contributed by atoms with Crippen LogP contribution in [0.5, 0.6) is 5.75 Å². The van der Waals surface area contributed by atoms with E-state index in [0.29, 0.717) is 6.54 Å². The average Bonchev–Trinajstić information content (AvgIpc) is 2.13. The predicted octanol–water partition coefficient (Wildman–Crippen LogP) is 0.735. The number of rotatable bonds is 3. The van der Waals surface area contributed by atoms with Crippen LogP contribution in [-0.2, 0) is 0 Å². The molecule has 0 aliphatic carbocycles. The summed E-state index contributed by atoms with van der Waals surface area (Å²) in [5, 5.41) is 18.4. The number of phenols is 1. The van der Waals surface area contributed by atoms with E-state index in [-0.39, 0.29) is 18.3 Å². The molecule has 1 rings (SSSR count). The van der Waals surface area contributed by atoms with Crippen LogP contribution in [-0.4, -0.2) is 23.4 Å². The van der Waals surface area contributed by atoms with Crippen molar-refractivity contribution in [3.05, 3.63) is 29.3 Å². The second-order valence-corrected chi connectivity index (χ2v) is 3.16. The molecule has 0 amide bonds. The summed E-state index contributed by atoms with van der Waals surface area (Å²) < 4.78 is 0. The molecule has 72 valence electrons. The number of phenolic OH excluding ortho intramolecular Hbond substituents is 1. The maximum absolute atomic E-state index is 9.42. The molecular formula is C10H15NO2. The fourth-order valence-corrected chi connectivity index (χ4v) is 1.20. The summed E-state index contributed by atoms with van der Waals surface area (Å²) in [4.78, 5) is 0. The van der Waals surface area contributed by atoms with E-state index < -0.39 is 0 Å². The van der Waals surface area contributed by atoms with E-state index in [0.717, 1.165) is 11.1 Å². The van der Waals surface area contributed by atoms with Gasteiger partial charge in [-0.25, -0.2) is 0 Å². The molecule has 0 aromatic heterocycles. The molecule has 1 unspecified atom stereocenters. The highest BCUT2D eigenvalue weighted by Gasteiger charge is 2.09. The second-order valence-electron chi connectivity index (χ2n) is 3.16. The smallest absolute Gasteiger partial charge is 0.118 e. The lowest BCUT2D eigenvalue weighted by atomic mass is 9.99. The highest BCUT2D eigenvalue weighted by atomic mass is 16.3. The molecule has 0 aliphatic rings. The van der Waals surface area contributed by atoms with Crippen molar-refractivity contribution in [3.8, 4) is 5.75 Å². The Bertz CT molecular complexity index is 282. The molecule has 1 aromatic carbocycles. The second kappa shape index (κ2) is 4.25. The zero-order chi connectivity index (χ0) is 9.84. The van der Waals surface area contributed by atoms with Gasteiger partial charge in [0.2, 0.25) is 0 Å². The lowest BCUT2D eigenvalue weighted by molar-refractivity contribution is 0.267. The van der Waals surface area contributed by atoms with Crippen molar-refractivity contribution in [2.45, 2.75) is 12.8 Å². The Morgan fingerprint density at radius 3 is 2.62 bits per heavy atom. The van der Waals surface area contributed by atoms with Crippen LogP contribution in [0.3, 0.4) is 0 Å². The molecule has 0 radical (unpaired) electrons. The van der Waals surface area contributed by atoms with E-state index in [1.165, 1.54) is 0 Å². The largest absolute Gasteiger partial charge is 0.508 e. The van der Waals surface area contributed by atoms with Crippen molar-refractivity contribution in [3.63, 3.8) is 0 Å².